The van der Waals surface area contributed by atoms with E-state index in [1.54, 1.807) is 0 Å². The SMILES string of the molecule is CC(C)CNCC1CCCC1c1ccn(C)n1. The van der Waals surface area contributed by atoms with Gasteiger partial charge in [-0.2, -0.15) is 5.10 Å². The first-order valence-corrected chi connectivity index (χ1v) is 6.87. The summed E-state index contributed by atoms with van der Waals surface area (Å²) in [5, 5.41) is 8.17. The molecular weight excluding hydrogens is 210 g/mol. The zero-order valence-electron chi connectivity index (χ0n) is 11.3. The molecule has 0 spiro atoms. The lowest BCUT2D eigenvalue weighted by atomic mass is 9.93. The molecule has 1 aliphatic carbocycles. The molecule has 0 aromatic carbocycles. The number of aryl methyl sites for hydroxylation is 1. The third-order valence-electron chi connectivity index (χ3n) is 3.73. The highest BCUT2D eigenvalue weighted by Crippen LogP contribution is 2.38. The molecule has 1 aliphatic rings. The minimum atomic E-state index is 0.677. The van der Waals surface area contributed by atoms with E-state index in [0.717, 1.165) is 24.9 Å². The molecule has 0 amide bonds. The molecule has 0 radical (unpaired) electrons. The molecule has 0 saturated heterocycles. The Labute approximate surface area is 105 Å². The highest BCUT2D eigenvalue weighted by Gasteiger charge is 2.29. The molecule has 2 unspecified atom stereocenters. The predicted molar refractivity (Wildman–Crippen MR) is 71.0 cm³/mol. The van der Waals surface area contributed by atoms with Gasteiger partial charge in [0.2, 0.25) is 0 Å². The van der Waals surface area contributed by atoms with Crippen LogP contribution in [0.25, 0.3) is 0 Å². The van der Waals surface area contributed by atoms with Crippen LogP contribution in [0.2, 0.25) is 0 Å². The fraction of sp³-hybridized carbons (Fsp3) is 0.786. The first kappa shape index (κ1) is 12.6. The van der Waals surface area contributed by atoms with E-state index < -0.39 is 0 Å². The summed E-state index contributed by atoms with van der Waals surface area (Å²) in [5.41, 5.74) is 1.29. The fourth-order valence-corrected chi connectivity index (χ4v) is 2.86. The second-order valence-electron chi connectivity index (χ2n) is 5.76. The van der Waals surface area contributed by atoms with Crippen LogP contribution in [-0.2, 0) is 7.05 Å². The number of hydrogen-bond acceptors (Lipinski definition) is 2. The quantitative estimate of drug-likeness (QED) is 0.850. The predicted octanol–water partition coefficient (Wildman–Crippen LogP) is 2.55. The van der Waals surface area contributed by atoms with Crippen LogP contribution in [0.15, 0.2) is 12.3 Å². The van der Waals surface area contributed by atoms with E-state index in [-0.39, 0.29) is 0 Å². The zero-order chi connectivity index (χ0) is 12.3. The van der Waals surface area contributed by atoms with E-state index in [0.29, 0.717) is 5.92 Å². The first-order chi connectivity index (χ1) is 8.16. The van der Waals surface area contributed by atoms with Crippen LogP contribution in [0, 0.1) is 11.8 Å². The average molecular weight is 235 g/mol. The van der Waals surface area contributed by atoms with Gasteiger partial charge in [-0.05, 0) is 43.8 Å². The lowest BCUT2D eigenvalue weighted by molar-refractivity contribution is 0.419. The highest BCUT2D eigenvalue weighted by molar-refractivity contribution is 5.10. The second kappa shape index (κ2) is 5.67. The Morgan fingerprint density at radius 2 is 2.29 bits per heavy atom. The third-order valence-corrected chi connectivity index (χ3v) is 3.73. The van der Waals surface area contributed by atoms with Gasteiger partial charge in [-0.3, -0.25) is 4.68 Å². The minimum absolute atomic E-state index is 0.677. The topological polar surface area (TPSA) is 29.9 Å². The molecule has 1 aromatic heterocycles. The summed E-state index contributed by atoms with van der Waals surface area (Å²) in [6.07, 6.45) is 6.08. The van der Waals surface area contributed by atoms with E-state index in [1.807, 2.05) is 11.7 Å². The molecule has 3 heteroatoms. The Morgan fingerprint density at radius 3 is 2.94 bits per heavy atom. The zero-order valence-corrected chi connectivity index (χ0v) is 11.3. The molecule has 2 rings (SSSR count). The number of hydrogen-bond donors (Lipinski definition) is 1. The second-order valence-corrected chi connectivity index (χ2v) is 5.76. The molecule has 1 heterocycles. The van der Waals surface area contributed by atoms with Gasteiger partial charge in [0.15, 0.2) is 0 Å². The van der Waals surface area contributed by atoms with Gasteiger partial charge < -0.3 is 5.32 Å². The number of nitrogens with zero attached hydrogens (tertiary/aromatic N) is 2. The molecule has 1 N–H and O–H groups in total. The first-order valence-electron chi connectivity index (χ1n) is 6.87. The standard InChI is InChI=1S/C14H25N3/c1-11(2)9-15-10-12-5-4-6-13(12)14-7-8-17(3)16-14/h7-8,11-13,15H,4-6,9-10H2,1-3H3. The maximum atomic E-state index is 4.58. The van der Waals surface area contributed by atoms with Crippen molar-refractivity contribution in [3.8, 4) is 0 Å². The Kier molecular flexibility index (Phi) is 4.21. The van der Waals surface area contributed by atoms with Crippen molar-refractivity contribution in [3.63, 3.8) is 0 Å². The molecule has 96 valence electrons. The summed E-state index contributed by atoms with van der Waals surface area (Å²) in [6, 6.07) is 2.19. The summed E-state index contributed by atoms with van der Waals surface area (Å²) in [7, 11) is 2.00. The summed E-state index contributed by atoms with van der Waals surface area (Å²) < 4.78 is 1.92. The van der Waals surface area contributed by atoms with Crippen LogP contribution in [0.3, 0.4) is 0 Å². The van der Waals surface area contributed by atoms with E-state index in [4.69, 9.17) is 0 Å². The van der Waals surface area contributed by atoms with Crippen molar-refractivity contribution < 1.29 is 0 Å². The van der Waals surface area contributed by atoms with Crippen LogP contribution >= 0.6 is 0 Å². The van der Waals surface area contributed by atoms with Crippen LogP contribution in [0.4, 0.5) is 0 Å². The van der Waals surface area contributed by atoms with Crippen LogP contribution in [0.1, 0.15) is 44.7 Å². The average Bonchev–Trinajstić information content (AvgIpc) is 2.86. The molecule has 2 atom stereocenters. The van der Waals surface area contributed by atoms with Crippen molar-refractivity contribution in [1.82, 2.24) is 15.1 Å². The molecule has 3 nitrogen and oxygen atoms in total. The Morgan fingerprint density at radius 1 is 1.47 bits per heavy atom. The van der Waals surface area contributed by atoms with E-state index in [9.17, 15) is 0 Å². The normalized spacial score (nSPS) is 24.7. The molecule has 17 heavy (non-hydrogen) atoms. The van der Waals surface area contributed by atoms with E-state index in [2.05, 4.69) is 36.5 Å². The summed E-state index contributed by atoms with van der Waals surface area (Å²) in [4.78, 5) is 0. The van der Waals surface area contributed by atoms with Gasteiger partial charge in [0.05, 0.1) is 5.69 Å². The summed E-state index contributed by atoms with van der Waals surface area (Å²) in [5.74, 6) is 2.20. The fourth-order valence-electron chi connectivity index (χ4n) is 2.86. The van der Waals surface area contributed by atoms with Gasteiger partial charge in [0.1, 0.15) is 0 Å². The van der Waals surface area contributed by atoms with E-state index in [1.165, 1.54) is 25.0 Å². The van der Waals surface area contributed by atoms with Crippen LogP contribution < -0.4 is 5.32 Å². The van der Waals surface area contributed by atoms with Gasteiger partial charge in [-0.15, -0.1) is 0 Å². The van der Waals surface area contributed by atoms with E-state index >= 15 is 0 Å². The third kappa shape index (κ3) is 3.32. The molecule has 0 aliphatic heterocycles. The van der Waals surface area contributed by atoms with Crippen LogP contribution in [0.5, 0.6) is 0 Å². The number of rotatable bonds is 5. The highest BCUT2D eigenvalue weighted by atomic mass is 15.2. The van der Waals surface area contributed by atoms with Gasteiger partial charge in [-0.25, -0.2) is 0 Å². The number of aromatic nitrogens is 2. The van der Waals surface area contributed by atoms with Gasteiger partial charge in [-0.1, -0.05) is 20.3 Å². The van der Waals surface area contributed by atoms with Gasteiger partial charge in [0.25, 0.3) is 0 Å². The maximum Gasteiger partial charge on any atom is 0.0658 e. The van der Waals surface area contributed by atoms with Crippen molar-refractivity contribution in [2.24, 2.45) is 18.9 Å². The Bertz CT molecular complexity index is 343. The lowest BCUT2D eigenvalue weighted by Crippen LogP contribution is -2.27. The maximum absolute atomic E-state index is 4.58. The molecule has 1 fully saturated rings. The minimum Gasteiger partial charge on any atom is -0.316 e. The van der Waals surface area contributed by atoms with Crippen LogP contribution in [-0.4, -0.2) is 22.9 Å². The largest absolute Gasteiger partial charge is 0.316 e. The molecule has 0 bridgehead atoms. The van der Waals surface area contributed by atoms with Crippen molar-refractivity contribution in [2.75, 3.05) is 13.1 Å². The summed E-state index contributed by atoms with van der Waals surface area (Å²) in [6.45, 7) is 6.81. The monoisotopic (exact) mass is 235 g/mol. The van der Waals surface area contributed by atoms with Crippen molar-refractivity contribution in [3.05, 3.63) is 18.0 Å². The lowest BCUT2D eigenvalue weighted by Gasteiger charge is -2.19. The van der Waals surface area contributed by atoms with Gasteiger partial charge in [0, 0.05) is 19.2 Å². The summed E-state index contributed by atoms with van der Waals surface area (Å²) >= 11 is 0. The van der Waals surface area contributed by atoms with Gasteiger partial charge >= 0.3 is 0 Å². The Balaban J connectivity index is 1.89. The molecular formula is C14H25N3. The number of nitrogens with one attached hydrogen (secondary N) is 1. The Hall–Kier alpha value is -0.830. The molecule has 1 aromatic rings. The van der Waals surface area contributed by atoms with Crippen molar-refractivity contribution >= 4 is 0 Å². The van der Waals surface area contributed by atoms with Crippen molar-refractivity contribution in [2.45, 2.75) is 39.0 Å². The molecule has 1 saturated carbocycles. The smallest absolute Gasteiger partial charge is 0.0658 e. The van der Waals surface area contributed by atoms with Crippen molar-refractivity contribution in [1.29, 1.82) is 0 Å².